The SMILES string of the molecule is C[C@H]1CN(C(=O)OC(C)(C)C)C[C@@H]1C#N. The molecule has 1 fully saturated rings. The Morgan fingerprint density at radius 2 is 2.07 bits per heavy atom. The summed E-state index contributed by atoms with van der Waals surface area (Å²) in [5.74, 6) is 0.181. The fourth-order valence-corrected chi connectivity index (χ4v) is 1.61. The first-order chi connectivity index (χ1) is 6.83. The highest BCUT2D eigenvalue weighted by atomic mass is 16.6. The summed E-state index contributed by atoms with van der Waals surface area (Å²) in [6.07, 6.45) is -0.313. The van der Waals surface area contributed by atoms with Gasteiger partial charge in [0, 0.05) is 13.1 Å². The summed E-state index contributed by atoms with van der Waals surface area (Å²) in [6.45, 7) is 8.61. The van der Waals surface area contributed by atoms with Crippen molar-refractivity contribution in [2.24, 2.45) is 11.8 Å². The van der Waals surface area contributed by atoms with E-state index in [2.05, 4.69) is 6.07 Å². The zero-order chi connectivity index (χ0) is 11.6. The Hall–Kier alpha value is -1.24. The van der Waals surface area contributed by atoms with Crippen molar-refractivity contribution < 1.29 is 9.53 Å². The van der Waals surface area contributed by atoms with E-state index in [0.29, 0.717) is 13.1 Å². The van der Waals surface area contributed by atoms with E-state index in [-0.39, 0.29) is 17.9 Å². The molecule has 1 aliphatic heterocycles. The second kappa shape index (κ2) is 4.09. The zero-order valence-electron chi connectivity index (χ0n) is 9.78. The average Bonchev–Trinajstić information content (AvgIpc) is 2.43. The minimum Gasteiger partial charge on any atom is -0.444 e. The van der Waals surface area contributed by atoms with Crippen LogP contribution in [0.2, 0.25) is 0 Å². The molecule has 4 nitrogen and oxygen atoms in total. The number of ether oxygens (including phenoxy) is 1. The van der Waals surface area contributed by atoms with Gasteiger partial charge in [-0.15, -0.1) is 0 Å². The van der Waals surface area contributed by atoms with Gasteiger partial charge >= 0.3 is 6.09 Å². The van der Waals surface area contributed by atoms with Crippen molar-refractivity contribution in [1.29, 1.82) is 5.26 Å². The molecule has 0 aromatic heterocycles. The lowest BCUT2D eigenvalue weighted by Gasteiger charge is -2.24. The van der Waals surface area contributed by atoms with E-state index in [9.17, 15) is 4.79 Å². The predicted molar refractivity (Wildman–Crippen MR) is 56.1 cm³/mol. The van der Waals surface area contributed by atoms with Gasteiger partial charge in [0.05, 0.1) is 12.0 Å². The molecule has 4 heteroatoms. The summed E-state index contributed by atoms with van der Waals surface area (Å²) in [6, 6.07) is 2.21. The van der Waals surface area contributed by atoms with Crippen molar-refractivity contribution >= 4 is 6.09 Å². The number of hydrogen-bond acceptors (Lipinski definition) is 3. The summed E-state index contributed by atoms with van der Waals surface area (Å²) in [4.78, 5) is 13.3. The van der Waals surface area contributed by atoms with Crippen molar-refractivity contribution in [3.05, 3.63) is 0 Å². The minimum absolute atomic E-state index is 0.0579. The molecule has 0 aromatic rings. The quantitative estimate of drug-likeness (QED) is 0.614. The lowest BCUT2D eigenvalue weighted by molar-refractivity contribution is 0.0287. The van der Waals surface area contributed by atoms with Gasteiger partial charge in [0.15, 0.2) is 0 Å². The molecule has 0 saturated carbocycles. The topological polar surface area (TPSA) is 53.3 Å². The molecule has 84 valence electrons. The fraction of sp³-hybridized carbons (Fsp3) is 0.818. The van der Waals surface area contributed by atoms with Crippen LogP contribution in [0.1, 0.15) is 27.7 Å². The van der Waals surface area contributed by atoms with Crippen molar-refractivity contribution in [3.8, 4) is 6.07 Å². The number of carbonyl (C=O) groups excluding carboxylic acids is 1. The second-order valence-corrected chi connectivity index (χ2v) is 5.10. The van der Waals surface area contributed by atoms with Crippen LogP contribution in [0.3, 0.4) is 0 Å². The Bertz CT molecular complexity index is 288. The molecule has 0 bridgehead atoms. The number of carbonyl (C=O) groups is 1. The lowest BCUT2D eigenvalue weighted by atomic mass is 10.0. The third kappa shape index (κ3) is 3.12. The number of nitrogens with zero attached hydrogens (tertiary/aromatic N) is 2. The Morgan fingerprint density at radius 1 is 1.47 bits per heavy atom. The number of nitriles is 1. The molecular formula is C11H18N2O2. The summed E-state index contributed by atoms with van der Waals surface area (Å²) in [7, 11) is 0. The standard InChI is InChI=1S/C11H18N2O2/c1-8-6-13(7-9(8)5-12)10(14)15-11(2,3)4/h8-9H,6-7H2,1-4H3/t8-,9-/m0/s1. The zero-order valence-corrected chi connectivity index (χ0v) is 9.78. The number of amides is 1. The van der Waals surface area contributed by atoms with Crippen molar-refractivity contribution in [2.75, 3.05) is 13.1 Å². The van der Waals surface area contributed by atoms with Gasteiger partial charge in [0.2, 0.25) is 0 Å². The number of rotatable bonds is 0. The van der Waals surface area contributed by atoms with Crippen LogP contribution in [-0.4, -0.2) is 29.7 Å². The Balaban J connectivity index is 2.54. The molecule has 1 amide bonds. The van der Waals surface area contributed by atoms with Gasteiger partial charge in [0.25, 0.3) is 0 Å². The lowest BCUT2D eigenvalue weighted by Crippen LogP contribution is -2.35. The Kier molecular flexibility index (Phi) is 3.23. The molecule has 0 spiro atoms. The molecule has 2 atom stereocenters. The van der Waals surface area contributed by atoms with Crippen molar-refractivity contribution in [3.63, 3.8) is 0 Å². The maximum absolute atomic E-state index is 11.7. The van der Waals surface area contributed by atoms with Gasteiger partial charge in [-0.05, 0) is 26.7 Å². The van der Waals surface area contributed by atoms with Gasteiger partial charge in [-0.25, -0.2) is 4.79 Å². The molecule has 0 aliphatic carbocycles. The summed E-state index contributed by atoms with van der Waals surface area (Å²) >= 11 is 0. The summed E-state index contributed by atoms with van der Waals surface area (Å²) in [5, 5.41) is 8.84. The molecule has 1 rings (SSSR count). The van der Waals surface area contributed by atoms with Crippen LogP contribution in [0, 0.1) is 23.2 Å². The van der Waals surface area contributed by atoms with Crippen molar-refractivity contribution in [2.45, 2.75) is 33.3 Å². The van der Waals surface area contributed by atoms with E-state index in [1.807, 2.05) is 27.7 Å². The van der Waals surface area contributed by atoms with Crippen LogP contribution in [0.25, 0.3) is 0 Å². The second-order valence-electron chi connectivity index (χ2n) is 5.10. The minimum atomic E-state index is -0.467. The normalized spacial score (nSPS) is 26.2. The molecule has 0 radical (unpaired) electrons. The van der Waals surface area contributed by atoms with Crippen LogP contribution in [0.15, 0.2) is 0 Å². The third-order valence-electron chi connectivity index (χ3n) is 2.43. The van der Waals surface area contributed by atoms with E-state index < -0.39 is 5.60 Å². The van der Waals surface area contributed by atoms with E-state index in [1.165, 1.54) is 0 Å². The molecule has 0 N–H and O–H groups in total. The first kappa shape index (κ1) is 11.8. The van der Waals surface area contributed by atoms with Gasteiger partial charge in [-0.2, -0.15) is 5.26 Å². The van der Waals surface area contributed by atoms with Crippen LogP contribution >= 0.6 is 0 Å². The van der Waals surface area contributed by atoms with Crippen LogP contribution in [-0.2, 0) is 4.74 Å². The monoisotopic (exact) mass is 210 g/mol. The first-order valence-corrected chi connectivity index (χ1v) is 5.21. The first-order valence-electron chi connectivity index (χ1n) is 5.21. The summed E-state index contributed by atoms with van der Waals surface area (Å²) in [5.41, 5.74) is -0.467. The van der Waals surface area contributed by atoms with E-state index in [1.54, 1.807) is 4.90 Å². The maximum Gasteiger partial charge on any atom is 0.410 e. The number of likely N-dealkylation sites (tertiary alicyclic amines) is 1. The fourth-order valence-electron chi connectivity index (χ4n) is 1.61. The highest BCUT2D eigenvalue weighted by molar-refractivity contribution is 5.68. The molecule has 0 aromatic carbocycles. The average molecular weight is 210 g/mol. The van der Waals surface area contributed by atoms with E-state index in [0.717, 1.165) is 0 Å². The van der Waals surface area contributed by atoms with E-state index >= 15 is 0 Å². The van der Waals surface area contributed by atoms with Crippen LogP contribution in [0.5, 0.6) is 0 Å². The van der Waals surface area contributed by atoms with Gasteiger partial charge in [-0.1, -0.05) is 6.92 Å². The molecular weight excluding hydrogens is 192 g/mol. The van der Waals surface area contributed by atoms with Crippen LogP contribution < -0.4 is 0 Å². The molecule has 0 unspecified atom stereocenters. The largest absolute Gasteiger partial charge is 0.444 e. The Labute approximate surface area is 90.8 Å². The van der Waals surface area contributed by atoms with Crippen molar-refractivity contribution in [1.82, 2.24) is 4.90 Å². The maximum atomic E-state index is 11.7. The Morgan fingerprint density at radius 3 is 2.47 bits per heavy atom. The van der Waals surface area contributed by atoms with Crippen LogP contribution in [0.4, 0.5) is 4.79 Å². The smallest absolute Gasteiger partial charge is 0.410 e. The highest BCUT2D eigenvalue weighted by Gasteiger charge is 2.34. The molecule has 15 heavy (non-hydrogen) atoms. The summed E-state index contributed by atoms with van der Waals surface area (Å²) < 4.78 is 5.24. The highest BCUT2D eigenvalue weighted by Crippen LogP contribution is 2.23. The predicted octanol–water partition coefficient (Wildman–Crippen LogP) is 2.01. The van der Waals surface area contributed by atoms with E-state index in [4.69, 9.17) is 10.00 Å². The molecule has 1 aliphatic rings. The third-order valence-corrected chi connectivity index (χ3v) is 2.43. The molecule has 1 saturated heterocycles. The van der Waals surface area contributed by atoms with Gasteiger partial charge in [0.1, 0.15) is 5.60 Å². The van der Waals surface area contributed by atoms with Gasteiger partial charge < -0.3 is 9.64 Å². The van der Waals surface area contributed by atoms with Gasteiger partial charge in [-0.3, -0.25) is 0 Å². The molecule has 1 heterocycles. The number of hydrogen-bond donors (Lipinski definition) is 0.